The van der Waals surface area contributed by atoms with E-state index in [4.69, 9.17) is 4.74 Å². The van der Waals surface area contributed by atoms with Crippen molar-refractivity contribution in [3.63, 3.8) is 0 Å². The van der Waals surface area contributed by atoms with Gasteiger partial charge in [0, 0.05) is 0 Å². The summed E-state index contributed by atoms with van der Waals surface area (Å²) < 4.78 is 66.8. The van der Waals surface area contributed by atoms with Gasteiger partial charge in [-0.2, -0.15) is 13.2 Å². The van der Waals surface area contributed by atoms with Crippen LogP contribution in [0.15, 0.2) is 48.5 Å². The van der Waals surface area contributed by atoms with Crippen molar-refractivity contribution in [2.45, 2.75) is 68.0 Å². The van der Waals surface area contributed by atoms with Gasteiger partial charge in [-0.25, -0.2) is 9.78 Å². The SMILES string of the molecule is O=C1CC(c2ccc(C[C@H](NC(=O)C3(OC(=O)C(F)(F)F)CCCCC3)c3nc4ccccc4[nH]3)cc2)S(O)(O)N1. The highest BCUT2D eigenvalue weighted by Gasteiger charge is 2.51. The van der Waals surface area contributed by atoms with Crippen molar-refractivity contribution in [1.82, 2.24) is 20.0 Å². The standard InChI is InChI=1S/C27H29F3N4O6S/c28-27(29,30)25(37)40-26(12-4-1-5-13-26)24(36)33-20(23-31-18-6-2-3-7-19(18)32-23)14-16-8-10-17(11-9-16)21-15-22(35)34-41(21,38)39/h2-3,6-11,20-21,38-39H,1,4-5,12-15H2,(H,31,32)(H,33,36)(H,34,35)/t20-,21?/m0/s1. The molecule has 2 amide bonds. The number of carbonyl (C=O) groups excluding carboxylic acids is 3. The maximum Gasteiger partial charge on any atom is 0.490 e. The lowest BCUT2D eigenvalue weighted by atomic mass is 9.83. The number of hydrogen-bond acceptors (Lipinski definition) is 7. The molecule has 1 aliphatic heterocycles. The van der Waals surface area contributed by atoms with E-state index in [1.807, 2.05) is 0 Å². The summed E-state index contributed by atoms with van der Waals surface area (Å²) in [5, 5.41) is 1.99. The maximum absolute atomic E-state index is 13.6. The van der Waals surface area contributed by atoms with E-state index < -0.39 is 51.6 Å². The minimum Gasteiger partial charge on any atom is -0.442 e. The molecule has 10 nitrogen and oxygen atoms in total. The van der Waals surface area contributed by atoms with Gasteiger partial charge in [0.15, 0.2) is 5.60 Å². The Morgan fingerprint density at radius 3 is 2.39 bits per heavy atom. The third-order valence-corrected chi connectivity index (χ3v) is 9.22. The predicted molar refractivity (Wildman–Crippen MR) is 143 cm³/mol. The average molecular weight is 595 g/mol. The van der Waals surface area contributed by atoms with Crippen LogP contribution in [-0.4, -0.2) is 48.6 Å². The summed E-state index contributed by atoms with van der Waals surface area (Å²) in [6.07, 6.45) is -3.69. The summed E-state index contributed by atoms with van der Waals surface area (Å²) >= 11 is 0. The number of benzene rings is 2. The summed E-state index contributed by atoms with van der Waals surface area (Å²) in [6.45, 7) is 0. The summed E-state index contributed by atoms with van der Waals surface area (Å²) in [5.74, 6) is -3.34. The molecule has 5 rings (SSSR count). The lowest BCUT2D eigenvalue weighted by Gasteiger charge is -2.36. The van der Waals surface area contributed by atoms with Gasteiger partial charge in [-0.15, -0.1) is 10.8 Å². The molecule has 3 aromatic rings. The quantitative estimate of drug-likeness (QED) is 0.241. The number of para-hydroxylation sites is 2. The Morgan fingerprint density at radius 2 is 1.78 bits per heavy atom. The van der Waals surface area contributed by atoms with Gasteiger partial charge in [0.05, 0.1) is 23.5 Å². The molecular weight excluding hydrogens is 565 g/mol. The number of H-pyrrole nitrogens is 1. The van der Waals surface area contributed by atoms with E-state index in [-0.39, 0.29) is 25.7 Å². The lowest BCUT2D eigenvalue weighted by Crippen LogP contribution is -2.53. The molecule has 1 saturated heterocycles. The van der Waals surface area contributed by atoms with E-state index in [1.54, 1.807) is 48.5 Å². The first-order valence-corrected chi connectivity index (χ1v) is 14.7. The molecule has 2 fully saturated rings. The van der Waals surface area contributed by atoms with Crippen molar-refractivity contribution in [2.24, 2.45) is 0 Å². The number of esters is 1. The maximum atomic E-state index is 13.6. The van der Waals surface area contributed by atoms with Crippen LogP contribution in [0.5, 0.6) is 0 Å². The molecule has 2 aromatic carbocycles. The molecule has 1 aromatic heterocycles. The van der Waals surface area contributed by atoms with Crippen molar-refractivity contribution in [1.29, 1.82) is 0 Å². The van der Waals surface area contributed by atoms with E-state index in [2.05, 4.69) is 20.0 Å². The van der Waals surface area contributed by atoms with Crippen molar-refractivity contribution in [2.75, 3.05) is 0 Å². The third kappa shape index (κ3) is 6.19. The number of hydrogen-bond donors (Lipinski definition) is 5. The van der Waals surface area contributed by atoms with Crippen LogP contribution in [0.4, 0.5) is 13.2 Å². The number of aromatic amines is 1. The molecule has 0 bridgehead atoms. The Balaban J connectivity index is 1.43. The number of fused-ring (bicyclic) bond motifs is 1. The Hall–Kier alpha value is -3.62. The average Bonchev–Trinajstić information content (AvgIpc) is 3.47. The number of imidazole rings is 1. The smallest absolute Gasteiger partial charge is 0.442 e. The van der Waals surface area contributed by atoms with E-state index in [0.29, 0.717) is 47.2 Å². The number of halogens is 3. The molecule has 220 valence electrons. The van der Waals surface area contributed by atoms with Gasteiger partial charge in [0.1, 0.15) is 11.1 Å². The minimum absolute atomic E-state index is 0.0389. The van der Waals surface area contributed by atoms with Gasteiger partial charge in [-0.3, -0.25) is 23.4 Å². The molecule has 0 radical (unpaired) electrons. The van der Waals surface area contributed by atoms with Gasteiger partial charge in [0.2, 0.25) is 5.91 Å². The summed E-state index contributed by atoms with van der Waals surface area (Å²) in [7, 11) is -3.33. The molecule has 14 heteroatoms. The Labute approximate surface area is 234 Å². The number of aromatic nitrogens is 2. The second kappa shape index (κ2) is 11.0. The molecule has 0 spiro atoms. The van der Waals surface area contributed by atoms with Crippen LogP contribution in [0.2, 0.25) is 0 Å². The van der Waals surface area contributed by atoms with Crippen LogP contribution in [-0.2, 0) is 25.5 Å². The van der Waals surface area contributed by atoms with E-state index >= 15 is 0 Å². The van der Waals surface area contributed by atoms with Gasteiger partial charge in [-0.05, 0) is 55.4 Å². The Bertz CT molecular complexity index is 1420. The highest BCUT2D eigenvalue weighted by Crippen LogP contribution is 2.56. The Kier molecular flexibility index (Phi) is 7.74. The van der Waals surface area contributed by atoms with Crippen molar-refractivity contribution >= 4 is 39.6 Å². The van der Waals surface area contributed by atoms with Crippen LogP contribution in [0, 0.1) is 0 Å². The number of rotatable bonds is 7. The van der Waals surface area contributed by atoms with E-state index in [1.165, 1.54) is 0 Å². The number of carbonyl (C=O) groups is 3. The fourth-order valence-corrected chi connectivity index (χ4v) is 6.83. The van der Waals surface area contributed by atoms with Gasteiger partial charge in [-0.1, -0.05) is 42.8 Å². The number of alkyl halides is 3. The normalized spacial score (nSPS) is 21.6. The minimum atomic E-state index is -5.24. The first-order valence-electron chi connectivity index (χ1n) is 13.1. The molecule has 2 atom stereocenters. The van der Waals surface area contributed by atoms with Crippen molar-refractivity contribution < 1.29 is 41.4 Å². The summed E-state index contributed by atoms with van der Waals surface area (Å²) in [4.78, 5) is 44.9. The largest absolute Gasteiger partial charge is 0.490 e. The number of nitrogens with zero attached hydrogens (tertiary/aromatic N) is 1. The summed E-state index contributed by atoms with van der Waals surface area (Å²) in [6, 6.07) is 13.0. The fraction of sp³-hybridized carbons (Fsp3) is 0.407. The first kappa shape index (κ1) is 28.9. The monoisotopic (exact) mass is 594 g/mol. The summed E-state index contributed by atoms with van der Waals surface area (Å²) in [5.41, 5.74) is 0.582. The highest BCUT2D eigenvalue weighted by molar-refractivity contribution is 8.23. The van der Waals surface area contributed by atoms with Gasteiger partial charge < -0.3 is 15.0 Å². The zero-order chi connectivity index (χ0) is 29.4. The van der Waals surface area contributed by atoms with Crippen molar-refractivity contribution in [3.05, 3.63) is 65.5 Å². The second-order valence-electron chi connectivity index (χ2n) is 10.4. The van der Waals surface area contributed by atoms with E-state index in [0.717, 1.165) is 0 Å². The van der Waals surface area contributed by atoms with E-state index in [9.17, 15) is 36.7 Å². The lowest BCUT2D eigenvalue weighted by molar-refractivity contribution is -0.217. The zero-order valence-corrected chi connectivity index (χ0v) is 22.6. The van der Waals surface area contributed by atoms with Crippen LogP contribution in [0.3, 0.4) is 0 Å². The molecular formula is C27H29F3N4O6S. The molecule has 5 N–H and O–H groups in total. The second-order valence-corrected chi connectivity index (χ2v) is 12.3. The third-order valence-electron chi connectivity index (χ3n) is 7.46. The van der Waals surface area contributed by atoms with Crippen molar-refractivity contribution in [3.8, 4) is 0 Å². The van der Waals surface area contributed by atoms with Crippen LogP contribution >= 0.6 is 10.8 Å². The van der Waals surface area contributed by atoms with Gasteiger partial charge in [0.25, 0.3) is 5.91 Å². The number of nitrogens with one attached hydrogen (secondary N) is 3. The highest BCUT2D eigenvalue weighted by atomic mass is 32.3. The van der Waals surface area contributed by atoms with Gasteiger partial charge >= 0.3 is 12.1 Å². The Morgan fingerprint density at radius 1 is 1.10 bits per heavy atom. The number of amides is 2. The predicted octanol–water partition coefficient (Wildman–Crippen LogP) is 5.00. The molecule has 1 saturated carbocycles. The fourth-order valence-electron chi connectivity index (χ4n) is 5.35. The van der Waals surface area contributed by atoms with Crippen LogP contribution < -0.4 is 10.0 Å². The molecule has 1 unspecified atom stereocenters. The molecule has 1 aliphatic carbocycles. The van der Waals surface area contributed by atoms with Crippen LogP contribution in [0.25, 0.3) is 11.0 Å². The zero-order valence-electron chi connectivity index (χ0n) is 21.7. The molecule has 2 heterocycles. The van der Waals surface area contributed by atoms with Crippen LogP contribution in [0.1, 0.15) is 66.8 Å². The molecule has 41 heavy (non-hydrogen) atoms. The first-order chi connectivity index (χ1) is 19.4. The molecule has 2 aliphatic rings. The number of ether oxygens (including phenoxy) is 1. The topological polar surface area (TPSA) is 154 Å².